The summed E-state index contributed by atoms with van der Waals surface area (Å²) in [7, 11) is 1.90. The summed E-state index contributed by atoms with van der Waals surface area (Å²) < 4.78 is 0. The molecule has 0 aliphatic heterocycles. The minimum Gasteiger partial charge on any atom is -0.393 e. The quantitative estimate of drug-likeness (QED) is 0.794. The number of anilines is 1. The number of pyridine rings is 1. The Morgan fingerprint density at radius 3 is 2.88 bits per heavy atom. The molecule has 0 bridgehead atoms. The van der Waals surface area contributed by atoms with Crippen LogP contribution in [0.5, 0.6) is 0 Å². The molecule has 1 heterocycles. The van der Waals surface area contributed by atoms with Gasteiger partial charge in [-0.3, -0.25) is 0 Å². The van der Waals surface area contributed by atoms with E-state index in [4.69, 9.17) is 0 Å². The smallest absolute Gasteiger partial charge is 0.128 e. The number of hydrogen-bond acceptors (Lipinski definition) is 3. The van der Waals surface area contributed by atoms with Gasteiger partial charge in [0.15, 0.2) is 0 Å². The molecule has 2 rings (SSSR count). The van der Waals surface area contributed by atoms with Crippen LogP contribution in [0, 0.1) is 5.92 Å². The zero-order chi connectivity index (χ0) is 12.3. The van der Waals surface area contributed by atoms with Crippen LogP contribution in [0.15, 0.2) is 12.3 Å². The Hall–Kier alpha value is -1.09. The third-order valence-electron chi connectivity index (χ3n) is 3.54. The van der Waals surface area contributed by atoms with E-state index in [2.05, 4.69) is 23.3 Å². The Bertz CT molecular complexity index is 374. The summed E-state index contributed by atoms with van der Waals surface area (Å²) in [5.74, 6) is 1.51. The highest BCUT2D eigenvalue weighted by Crippen LogP contribution is 2.34. The van der Waals surface area contributed by atoms with E-state index in [1.54, 1.807) is 0 Å². The first kappa shape index (κ1) is 12.4. The minimum atomic E-state index is -0.120. The summed E-state index contributed by atoms with van der Waals surface area (Å²) >= 11 is 0. The van der Waals surface area contributed by atoms with E-state index >= 15 is 0 Å². The predicted molar refractivity (Wildman–Crippen MR) is 70.2 cm³/mol. The van der Waals surface area contributed by atoms with Crippen molar-refractivity contribution < 1.29 is 5.11 Å². The van der Waals surface area contributed by atoms with Crippen LogP contribution in [-0.4, -0.2) is 23.2 Å². The lowest BCUT2D eigenvalue weighted by Crippen LogP contribution is -2.11. The Morgan fingerprint density at radius 1 is 1.53 bits per heavy atom. The van der Waals surface area contributed by atoms with Crippen LogP contribution in [-0.2, 0) is 12.8 Å². The van der Waals surface area contributed by atoms with Crippen molar-refractivity contribution in [1.82, 2.24) is 4.98 Å². The van der Waals surface area contributed by atoms with Gasteiger partial charge in [-0.2, -0.15) is 0 Å². The van der Waals surface area contributed by atoms with Crippen LogP contribution in [0.4, 0.5) is 5.82 Å². The molecule has 1 fully saturated rings. The van der Waals surface area contributed by atoms with Gasteiger partial charge < -0.3 is 10.4 Å². The highest BCUT2D eigenvalue weighted by atomic mass is 16.3. The molecule has 0 amide bonds. The molecule has 3 nitrogen and oxygen atoms in total. The predicted octanol–water partition coefficient (Wildman–Crippen LogP) is 2.39. The van der Waals surface area contributed by atoms with Gasteiger partial charge in [0.2, 0.25) is 0 Å². The van der Waals surface area contributed by atoms with E-state index in [-0.39, 0.29) is 6.10 Å². The third kappa shape index (κ3) is 3.19. The maximum atomic E-state index is 9.90. The lowest BCUT2D eigenvalue weighted by Gasteiger charge is -2.12. The zero-order valence-corrected chi connectivity index (χ0v) is 10.7. The number of aromatic nitrogens is 1. The van der Waals surface area contributed by atoms with E-state index in [0.29, 0.717) is 5.92 Å². The van der Waals surface area contributed by atoms with Gasteiger partial charge in [-0.1, -0.05) is 13.0 Å². The maximum Gasteiger partial charge on any atom is 0.128 e. The normalized spacial score (nSPS) is 16.9. The molecule has 94 valence electrons. The Morgan fingerprint density at radius 2 is 2.29 bits per heavy atom. The molecular weight excluding hydrogens is 212 g/mol. The summed E-state index contributed by atoms with van der Waals surface area (Å²) in [6, 6.07) is 2.21. The van der Waals surface area contributed by atoms with Gasteiger partial charge in [0.25, 0.3) is 0 Å². The first-order chi connectivity index (χ1) is 8.24. The highest BCUT2D eigenvalue weighted by molar-refractivity contribution is 5.45. The average molecular weight is 234 g/mol. The Labute approximate surface area is 103 Å². The van der Waals surface area contributed by atoms with Crippen molar-refractivity contribution in [3.63, 3.8) is 0 Å². The van der Waals surface area contributed by atoms with Crippen LogP contribution >= 0.6 is 0 Å². The molecule has 1 aliphatic carbocycles. The number of rotatable bonds is 6. The molecular formula is C14H22N2O. The van der Waals surface area contributed by atoms with E-state index in [9.17, 15) is 5.11 Å². The molecule has 17 heavy (non-hydrogen) atoms. The Kier molecular flexibility index (Phi) is 4.00. The van der Waals surface area contributed by atoms with Crippen molar-refractivity contribution in [2.24, 2.45) is 5.92 Å². The van der Waals surface area contributed by atoms with Crippen molar-refractivity contribution in [1.29, 1.82) is 0 Å². The molecule has 1 atom stereocenters. The molecule has 3 heteroatoms. The summed E-state index contributed by atoms with van der Waals surface area (Å²) in [6.07, 6.45) is 6.98. The maximum absolute atomic E-state index is 9.90. The van der Waals surface area contributed by atoms with Gasteiger partial charge in [-0.15, -0.1) is 0 Å². The van der Waals surface area contributed by atoms with Gasteiger partial charge >= 0.3 is 0 Å². The van der Waals surface area contributed by atoms with Crippen molar-refractivity contribution in [2.45, 2.75) is 45.1 Å². The fraction of sp³-hybridized carbons (Fsp3) is 0.643. The molecule has 0 aromatic carbocycles. The molecule has 0 radical (unpaired) electrons. The SMILES string of the molecule is CCc1cnc(NC)c(CC[C@@H](O)C2CC2)c1. The number of hydrogen-bond donors (Lipinski definition) is 2. The molecule has 2 N–H and O–H groups in total. The minimum absolute atomic E-state index is 0.120. The fourth-order valence-corrected chi connectivity index (χ4v) is 2.19. The third-order valence-corrected chi connectivity index (χ3v) is 3.54. The zero-order valence-electron chi connectivity index (χ0n) is 10.7. The van der Waals surface area contributed by atoms with Crippen molar-refractivity contribution in [3.8, 4) is 0 Å². The molecule has 1 aliphatic rings. The standard InChI is InChI=1S/C14H22N2O/c1-3-10-8-12(14(15-2)16-9-10)6-7-13(17)11-4-5-11/h8-9,11,13,17H,3-7H2,1-2H3,(H,15,16)/t13-/m1/s1. The van der Waals surface area contributed by atoms with Crippen LogP contribution in [0.3, 0.4) is 0 Å². The summed E-state index contributed by atoms with van der Waals surface area (Å²) in [5, 5.41) is 13.0. The van der Waals surface area contributed by atoms with E-state index in [1.807, 2.05) is 13.2 Å². The van der Waals surface area contributed by atoms with E-state index in [1.165, 1.54) is 24.0 Å². The number of aliphatic hydroxyl groups excluding tert-OH is 1. The number of nitrogens with zero attached hydrogens (tertiary/aromatic N) is 1. The second-order valence-corrected chi connectivity index (χ2v) is 4.90. The molecule has 1 saturated carbocycles. The first-order valence-corrected chi connectivity index (χ1v) is 6.58. The van der Waals surface area contributed by atoms with Crippen molar-refractivity contribution >= 4 is 5.82 Å². The topological polar surface area (TPSA) is 45.2 Å². The lowest BCUT2D eigenvalue weighted by molar-refractivity contribution is 0.142. The molecule has 1 aromatic rings. The number of aryl methyl sites for hydroxylation is 2. The van der Waals surface area contributed by atoms with Crippen LogP contribution in [0.1, 0.15) is 37.3 Å². The summed E-state index contributed by atoms with van der Waals surface area (Å²) in [5.41, 5.74) is 2.49. The number of nitrogens with one attached hydrogen (secondary N) is 1. The second kappa shape index (κ2) is 5.50. The highest BCUT2D eigenvalue weighted by Gasteiger charge is 2.29. The largest absolute Gasteiger partial charge is 0.393 e. The average Bonchev–Trinajstić information content (AvgIpc) is 3.19. The van der Waals surface area contributed by atoms with E-state index in [0.717, 1.165) is 25.1 Å². The first-order valence-electron chi connectivity index (χ1n) is 6.58. The van der Waals surface area contributed by atoms with Crippen LogP contribution in [0.2, 0.25) is 0 Å². The lowest BCUT2D eigenvalue weighted by atomic mass is 10.0. The summed E-state index contributed by atoms with van der Waals surface area (Å²) in [4.78, 5) is 4.41. The van der Waals surface area contributed by atoms with Gasteiger partial charge in [0.1, 0.15) is 5.82 Å². The molecule has 0 spiro atoms. The van der Waals surface area contributed by atoms with Crippen molar-refractivity contribution in [3.05, 3.63) is 23.4 Å². The van der Waals surface area contributed by atoms with Gasteiger partial charge in [0, 0.05) is 13.2 Å². The van der Waals surface area contributed by atoms with Gasteiger partial charge in [-0.25, -0.2) is 4.98 Å². The Balaban J connectivity index is 2.01. The fourth-order valence-electron chi connectivity index (χ4n) is 2.19. The van der Waals surface area contributed by atoms with Gasteiger partial charge in [-0.05, 0) is 49.1 Å². The second-order valence-electron chi connectivity index (χ2n) is 4.90. The van der Waals surface area contributed by atoms with Crippen molar-refractivity contribution in [2.75, 3.05) is 12.4 Å². The molecule has 0 unspecified atom stereocenters. The van der Waals surface area contributed by atoms with Crippen LogP contribution < -0.4 is 5.32 Å². The molecule has 1 aromatic heterocycles. The number of aliphatic hydroxyl groups is 1. The summed E-state index contributed by atoms with van der Waals surface area (Å²) in [6.45, 7) is 2.14. The van der Waals surface area contributed by atoms with Gasteiger partial charge in [0.05, 0.1) is 6.10 Å². The molecule has 0 saturated heterocycles. The van der Waals surface area contributed by atoms with E-state index < -0.39 is 0 Å². The monoisotopic (exact) mass is 234 g/mol. The van der Waals surface area contributed by atoms with Crippen LogP contribution in [0.25, 0.3) is 0 Å².